The number of hydrogen-bond acceptors (Lipinski definition) is 4. The van der Waals surface area contributed by atoms with Gasteiger partial charge in [0.1, 0.15) is 0 Å². The van der Waals surface area contributed by atoms with E-state index in [0.29, 0.717) is 18.7 Å². The van der Waals surface area contributed by atoms with Crippen molar-refractivity contribution in [1.29, 1.82) is 0 Å². The molecule has 1 unspecified atom stereocenters. The van der Waals surface area contributed by atoms with Crippen molar-refractivity contribution in [2.75, 3.05) is 26.2 Å². The van der Waals surface area contributed by atoms with E-state index in [-0.39, 0.29) is 16.8 Å². The highest BCUT2D eigenvalue weighted by atomic mass is 32.2. The summed E-state index contributed by atoms with van der Waals surface area (Å²) in [5, 5.41) is 3.19. The quantitative estimate of drug-likeness (QED) is 0.840. The number of nitrogens with one attached hydrogen (secondary N) is 2. The molecule has 122 valence electrons. The van der Waals surface area contributed by atoms with Gasteiger partial charge in [0.15, 0.2) is 0 Å². The van der Waals surface area contributed by atoms with Crippen LogP contribution in [0.25, 0.3) is 0 Å². The molecule has 7 heteroatoms. The zero-order valence-electron chi connectivity index (χ0n) is 13.0. The molecule has 0 aromatic heterocycles. The van der Waals surface area contributed by atoms with Gasteiger partial charge in [0.25, 0.3) is 5.91 Å². The molecule has 1 aliphatic rings. The highest BCUT2D eigenvalue weighted by Crippen LogP contribution is 2.13. The lowest BCUT2D eigenvalue weighted by Gasteiger charge is -2.27. The second kappa shape index (κ2) is 7.21. The molecule has 1 heterocycles. The Hall–Kier alpha value is -1.44. The molecule has 0 aliphatic carbocycles. The summed E-state index contributed by atoms with van der Waals surface area (Å²) in [7, 11) is -3.52. The van der Waals surface area contributed by atoms with E-state index in [1.807, 2.05) is 13.8 Å². The molecule has 0 radical (unpaired) electrons. The predicted octanol–water partition coefficient (Wildman–Crippen LogP) is 0.809. The van der Waals surface area contributed by atoms with Gasteiger partial charge in [-0.15, -0.1) is 0 Å². The third-order valence-corrected chi connectivity index (χ3v) is 5.39. The van der Waals surface area contributed by atoms with Crippen molar-refractivity contribution < 1.29 is 13.2 Å². The van der Waals surface area contributed by atoms with Crippen molar-refractivity contribution in [3.05, 3.63) is 29.8 Å². The van der Waals surface area contributed by atoms with Gasteiger partial charge in [-0.25, -0.2) is 13.1 Å². The number of carbonyl (C=O) groups is 1. The third kappa shape index (κ3) is 4.06. The average molecular weight is 325 g/mol. The van der Waals surface area contributed by atoms with Crippen LogP contribution in [0.5, 0.6) is 0 Å². The lowest BCUT2D eigenvalue weighted by atomic mass is 10.2. The van der Waals surface area contributed by atoms with Crippen LogP contribution in [0.3, 0.4) is 0 Å². The minimum Gasteiger partial charge on any atom is -0.336 e. The molecule has 22 heavy (non-hydrogen) atoms. The van der Waals surface area contributed by atoms with E-state index in [1.165, 1.54) is 12.1 Å². The number of carbonyl (C=O) groups excluding carboxylic acids is 1. The van der Waals surface area contributed by atoms with Crippen molar-refractivity contribution in [2.45, 2.75) is 31.2 Å². The zero-order valence-corrected chi connectivity index (χ0v) is 13.8. The van der Waals surface area contributed by atoms with Crippen molar-refractivity contribution in [1.82, 2.24) is 14.9 Å². The summed E-state index contributed by atoms with van der Waals surface area (Å²) in [5.41, 5.74) is 0.518. The fraction of sp³-hybridized carbons (Fsp3) is 0.533. The van der Waals surface area contributed by atoms with Gasteiger partial charge in [-0.2, -0.15) is 0 Å². The van der Waals surface area contributed by atoms with Crippen LogP contribution in [-0.2, 0) is 10.0 Å². The summed E-state index contributed by atoms with van der Waals surface area (Å²) in [5.74, 6) is -0.0552. The summed E-state index contributed by atoms with van der Waals surface area (Å²) >= 11 is 0. The number of hydrogen-bond donors (Lipinski definition) is 2. The molecule has 6 nitrogen and oxygen atoms in total. The van der Waals surface area contributed by atoms with Crippen LogP contribution >= 0.6 is 0 Å². The fourth-order valence-electron chi connectivity index (χ4n) is 2.24. The number of rotatable bonds is 5. The molecule has 2 N–H and O–H groups in total. The van der Waals surface area contributed by atoms with E-state index in [9.17, 15) is 13.2 Å². The third-order valence-electron chi connectivity index (χ3n) is 3.78. The largest absolute Gasteiger partial charge is 0.336 e. The second-order valence-corrected chi connectivity index (χ2v) is 7.21. The summed E-state index contributed by atoms with van der Waals surface area (Å²) < 4.78 is 26.9. The molecule has 2 rings (SSSR count). The molecule has 1 aromatic carbocycles. The lowest BCUT2D eigenvalue weighted by molar-refractivity contribution is 0.0735. The van der Waals surface area contributed by atoms with E-state index >= 15 is 0 Å². The van der Waals surface area contributed by atoms with E-state index < -0.39 is 10.0 Å². The van der Waals surface area contributed by atoms with Gasteiger partial charge in [-0.1, -0.05) is 6.92 Å². The van der Waals surface area contributed by atoms with Crippen LogP contribution in [-0.4, -0.2) is 51.4 Å². The Bertz CT molecular complexity index is 607. The molecule has 1 aliphatic heterocycles. The first-order valence-corrected chi connectivity index (χ1v) is 9.04. The monoisotopic (exact) mass is 325 g/mol. The van der Waals surface area contributed by atoms with Crippen molar-refractivity contribution in [3.63, 3.8) is 0 Å². The van der Waals surface area contributed by atoms with Crippen LogP contribution in [0, 0.1) is 0 Å². The molecule has 1 aromatic rings. The Morgan fingerprint density at radius 2 is 1.86 bits per heavy atom. The van der Waals surface area contributed by atoms with Crippen LogP contribution in [0.15, 0.2) is 29.2 Å². The highest BCUT2D eigenvalue weighted by molar-refractivity contribution is 7.89. The first-order valence-electron chi connectivity index (χ1n) is 7.56. The Morgan fingerprint density at radius 3 is 2.41 bits per heavy atom. The topological polar surface area (TPSA) is 78.5 Å². The van der Waals surface area contributed by atoms with Crippen molar-refractivity contribution >= 4 is 15.9 Å². The SMILES string of the molecule is CCC(C)NS(=O)(=O)c1ccc(C(=O)N2CCNCC2)cc1. The molecular formula is C15H23N3O3S. The number of nitrogens with zero attached hydrogens (tertiary/aromatic N) is 1. The standard InChI is InChI=1S/C15H23N3O3S/c1-3-12(2)17-22(20,21)14-6-4-13(5-7-14)15(19)18-10-8-16-9-11-18/h4-7,12,16-17H,3,8-11H2,1-2H3. The summed E-state index contributed by atoms with van der Waals surface area (Å²) in [6, 6.07) is 6.01. The molecule has 1 amide bonds. The number of amides is 1. The Labute approximate surface area is 131 Å². The van der Waals surface area contributed by atoms with Crippen LogP contribution in [0.4, 0.5) is 0 Å². The average Bonchev–Trinajstić information content (AvgIpc) is 2.54. The summed E-state index contributed by atoms with van der Waals surface area (Å²) in [6.45, 7) is 6.67. The molecule has 0 bridgehead atoms. The van der Waals surface area contributed by atoms with Crippen LogP contribution in [0.2, 0.25) is 0 Å². The fourth-order valence-corrected chi connectivity index (χ4v) is 3.57. The predicted molar refractivity (Wildman–Crippen MR) is 85.3 cm³/mol. The normalized spacial score (nSPS) is 17.3. The van der Waals surface area contributed by atoms with Gasteiger partial charge in [0.05, 0.1) is 4.90 Å². The van der Waals surface area contributed by atoms with Gasteiger partial charge in [-0.3, -0.25) is 4.79 Å². The number of sulfonamides is 1. The summed E-state index contributed by atoms with van der Waals surface area (Å²) in [4.78, 5) is 14.3. The van der Waals surface area contributed by atoms with Gasteiger partial charge >= 0.3 is 0 Å². The number of benzene rings is 1. The van der Waals surface area contributed by atoms with E-state index in [1.54, 1.807) is 17.0 Å². The van der Waals surface area contributed by atoms with Gasteiger partial charge < -0.3 is 10.2 Å². The van der Waals surface area contributed by atoms with Crippen LogP contribution in [0.1, 0.15) is 30.6 Å². The maximum Gasteiger partial charge on any atom is 0.253 e. The molecule has 1 atom stereocenters. The van der Waals surface area contributed by atoms with E-state index in [2.05, 4.69) is 10.0 Å². The van der Waals surface area contributed by atoms with Gasteiger partial charge in [0, 0.05) is 37.8 Å². The first-order chi connectivity index (χ1) is 10.4. The minimum absolute atomic E-state index is 0.0552. The van der Waals surface area contributed by atoms with Crippen LogP contribution < -0.4 is 10.0 Å². The van der Waals surface area contributed by atoms with Crippen molar-refractivity contribution in [2.24, 2.45) is 0 Å². The molecular weight excluding hydrogens is 302 g/mol. The van der Waals surface area contributed by atoms with Gasteiger partial charge in [-0.05, 0) is 37.6 Å². The Kier molecular flexibility index (Phi) is 5.55. The van der Waals surface area contributed by atoms with Crippen molar-refractivity contribution in [3.8, 4) is 0 Å². The Balaban J connectivity index is 2.11. The highest BCUT2D eigenvalue weighted by Gasteiger charge is 2.20. The maximum atomic E-state index is 12.3. The minimum atomic E-state index is -3.52. The molecule has 0 spiro atoms. The van der Waals surface area contributed by atoms with E-state index in [0.717, 1.165) is 19.5 Å². The molecule has 1 fully saturated rings. The molecule has 1 saturated heterocycles. The Morgan fingerprint density at radius 1 is 1.27 bits per heavy atom. The first kappa shape index (κ1) is 16.9. The van der Waals surface area contributed by atoms with E-state index in [4.69, 9.17) is 0 Å². The summed E-state index contributed by atoms with van der Waals surface area (Å²) in [6.07, 6.45) is 0.721. The lowest BCUT2D eigenvalue weighted by Crippen LogP contribution is -2.46. The maximum absolute atomic E-state index is 12.3. The second-order valence-electron chi connectivity index (χ2n) is 5.50. The number of piperazine rings is 1. The zero-order chi connectivity index (χ0) is 16.2. The smallest absolute Gasteiger partial charge is 0.253 e. The molecule has 0 saturated carbocycles. The van der Waals surface area contributed by atoms with Gasteiger partial charge in [0.2, 0.25) is 10.0 Å².